The van der Waals surface area contributed by atoms with Crippen LogP contribution in [0.5, 0.6) is 5.75 Å². The van der Waals surface area contributed by atoms with Crippen LogP contribution < -0.4 is 4.74 Å². The van der Waals surface area contributed by atoms with Crippen molar-refractivity contribution in [3.8, 4) is 5.75 Å². The number of morpholine rings is 1. The van der Waals surface area contributed by atoms with Gasteiger partial charge in [-0.15, -0.1) is 0 Å². The van der Waals surface area contributed by atoms with E-state index in [1.165, 1.54) is 0 Å². The second-order valence-electron chi connectivity index (χ2n) is 4.12. The summed E-state index contributed by atoms with van der Waals surface area (Å²) >= 11 is 0. The van der Waals surface area contributed by atoms with Crippen molar-refractivity contribution < 1.29 is 14.3 Å². The molecule has 0 aliphatic carbocycles. The molecular weight excluding hydrogens is 218 g/mol. The van der Waals surface area contributed by atoms with Gasteiger partial charge >= 0.3 is 0 Å². The van der Waals surface area contributed by atoms with Gasteiger partial charge in [0.05, 0.1) is 12.7 Å². The van der Waals surface area contributed by atoms with Crippen LogP contribution in [0.2, 0.25) is 0 Å². The lowest BCUT2D eigenvalue weighted by molar-refractivity contribution is -0.140. The molecule has 0 N–H and O–H groups in total. The summed E-state index contributed by atoms with van der Waals surface area (Å²) in [6, 6.07) is 9.37. The third-order valence-corrected chi connectivity index (χ3v) is 2.70. The normalized spacial score (nSPS) is 20.1. The molecule has 4 heteroatoms. The first-order chi connectivity index (χ1) is 8.25. The van der Waals surface area contributed by atoms with Gasteiger partial charge in [0, 0.05) is 13.1 Å². The predicted octanol–water partition coefficient (Wildman–Crippen LogP) is 1.31. The summed E-state index contributed by atoms with van der Waals surface area (Å²) in [5, 5.41) is 0. The van der Waals surface area contributed by atoms with Gasteiger partial charge in [-0.2, -0.15) is 0 Å². The van der Waals surface area contributed by atoms with Gasteiger partial charge < -0.3 is 14.4 Å². The van der Waals surface area contributed by atoms with Gasteiger partial charge in [-0.05, 0) is 19.1 Å². The van der Waals surface area contributed by atoms with Crippen molar-refractivity contribution in [2.24, 2.45) is 0 Å². The molecule has 1 saturated heterocycles. The van der Waals surface area contributed by atoms with E-state index in [-0.39, 0.29) is 18.6 Å². The van der Waals surface area contributed by atoms with Crippen LogP contribution in [-0.4, -0.2) is 43.2 Å². The standard InChI is InChI=1S/C13H17NO3/c1-11-9-14(7-8-16-11)13(15)10-17-12-5-3-2-4-6-12/h2-6,11H,7-10H2,1H3. The molecule has 0 bridgehead atoms. The smallest absolute Gasteiger partial charge is 0.260 e. The number of hydrogen-bond acceptors (Lipinski definition) is 3. The molecule has 1 atom stereocenters. The average molecular weight is 235 g/mol. The number of ether oxygens (including phenoxy) is 2. The summed E-state index contributed by atoms with van der Waals surface area (Å²) in [4.78, 5) is 13.7. The highest BCUT2D eigenvalue weighted by Gasteiger charge is 2.21. The van der Waals surface area contributed by atoms with Crippen LogP contribution in [0, 0.1) is 0 Å². The number of benzene rings is 1. The molecule has 4 nitrogen and oxygen atoms in total. The summed E-state index contributed by atoms with van der Waals surface area (Å²) in [5.74, 6) is 0.742. The van der Waals surface area contributed by atoms with Crippen LogP contribution in [0.25, 0.3) is 0 Å². The third kappa shape index (κ3) is 3.46. The lowest BCUT2D eigenvalue weighted by Gasteiger charge is -2.31. The molecule has 0 radical (unpaired) electrons. The van der Waals surface area contributed by atoms with E-state index in [0.717, 1.165) is 5.75 Å². The molecule has 1 amide bonds. The zero-order valence-corrected chi connectivity index (χ0v) is 9.96. The van der Waals surface area contributed by atoms with Crippen molar-refractivity contribution >= 4 is 5.91 Å². The molecule has 1 aromatic carbocycles. The number of carbonyl (C=O) groups excluding carboxylic acids is 1. The Hall–Kier alpha value is -1.55. The van der Waals surface area contributed by atoms with Gasteiger partial charge in [0.1, 0.15) is 5.75 Å². The summed E-state index contributed by atoms with van der Waals surface area (Å²) in [6.07, 6.45) is 0.115. The maximum absolute atomic E-state index is 11.9. The first-order valence-corrected chi connectivity index (χ1v) is 5.83. The molecule has 1 aliphatic heterocycles. The lowest BCUT2D eigenvalue weighted by Crippen LogP contribution is -2.46. The van der Waals surface area contributed by atoms with Gasteiger partial charge in [-0.25, -0.2) is 0 Å². The van der Waals surface area contributed by atoms with E-state index in [1.807, 2.05) is 37.3 Å². The first-order valence-electron chi connectivity index (χ1n) is 5.83. The van der Waals surface area contributed by atoms with E-state index >= 15 is 0 Å². The maximum atomic E-state index is 11.9. The van der Waals surface area contributed by atoms with Crippen molar-refractivity contribution in [1.29, 1.82) is 0 Å². The summed E-state index contributed by atoms with van der Waals surface area (Å²) in [5.41, 5.74) is 0. The molecule has 1 aliphatic rings. The van der Waals surface area contributed by atoms with E-state index in [2.05, 4.69) is 0 Å². The molecular formula is C13H17NO3. The molecule has 0 saturated carbocycles. The Balaban J connectivity index is 1.81. The molecule has 0 aromatic heterocycles. The fourth-order valence-electron chi connectivity index (χ4n) is 1.80. The van der Waals surface area contributed by atoms with E-state index in [9.17, 15) is 4.79 Å². The summed E-state index contributed by atoms with van der Waals surface area (Å²) in [7, 11) is 0. The molecule has 17 heavy (non-hydrogen) atoms. The van der Waals surface area contributed by atoms with Crippen molar-refractivity contribution in [1.82, 2.24) is 4.90 Å². The first kappa shape index (κ1) is 11.9. The summed E-state index contributed by atoms with van der Waals surface area (Å²) in [6.45, 7) is 3.98. The van der Waals surface area contributed by atoms with Gasteiger partial charge in [-0.1, -0.05) is 18.2 Å². The predicted molar refractivity (Wildman–Crippen MR) is 63.9 cm³/mol. The van der Waals surface area contributed by atoms with Gasteiger partial charge in [0.2, 0.25) is 0 Å². The number of rotatable bonds is 3. The minimum atomic E-state index is 0.0176. The lowest BCUT2D eigenvalue weighted by atomic mass is 10.3. The Morgan fingerprint density at radius 3 is 2.94 bits per heavy atom. The fraction of sp³-hybridized carbons (Fsp3) is 0.462. The van der Waals surface area contributed by atoms with Crippen molar-refractivity contribution in [2.75, 3.05) is 26.3 Å². The number of amides is 1. The minimum Gasteiger partial charge on any atom is -0.484 e. The summed E-state index contributed by atoms with van der Waals surface area (Å²) < 4.78 is 10.8. The van der Waals surface area contributed by atoms with E-state index in [1.54, 1.807) is 4.90 Å². The highest BCUT2D eigenvalue weighted by Crippen LogP contribution is 2.09. The topological polar surface area (TPSA) is 38.8 Å². The van der Waals surface area contributed by atoms with Crippen LogP contribution in [-0.2, 0) is 9.53 Å². The molecule has 1 unspecified atom stereocenters. The Bertz CT molecular complexity index is 366. The maximum Gasteiger partial charge on any atom is 0.260 e. The highest BCUT2D eigenvalue weighted by atomic mass is 16.5. The molecule has 0 spiro atoms. The molecule has 1 aromatic rings. The largest absolute Gasteiger partial charge is 0.484 e. The van der Waals surface area contributed by atoms with Crippen molar-refractivity contribution in [2.45, 2.75) is 13.0 Å². The number of carbonyl (C=O) groups is 1. The monoisotopic (exact) mass is 235 g/mol. The quantitative estimate of drug-likeness (QED) is 0.793. The minimum absolute atomic E-state index is 0.0176. The van der Waals surface area contributed by atoms with Crippen LogP contribution in [0.1, 0.15) is 6.92 Å². The Morgan fingerprint density at radius 2 is 2.24 bits per heavy atom. The van der Waals surface area contributed by atoms with Crippen LogP contribution >= 0.6 is 0 Å². The third-order valence-electron chi connectivity index (χ3n) is 2.70. The molecule has 92 valence electrons. The molecule has 1 heterocycles. The fourth-order valence-corrected chi connectivity index (χ4v) is 1.80. The number of hydrogen-bond donors (Lipinski definition) is 0. The Labute approximate surface area is 101 Å². The average Bonchev–Trinajstić information content (AvgIpc) is 2.37. The van der Waals surface area contributed by atoms with E-state index < -0.39 is 0 Å². The zero-order chi connectivity index (χ0) is 12.1. The second-order valence-corrected chi connectivity index (χ2v) is 4.12. The number of nitrogens with zero attached hydrogens (tertiary/aromatic N) is 1. The van der Waals surface area contributed by atoms with E-state index in [4.69, 9.17) is 9.47 Å². The second kappa shape index (κ2) is 5.68. The van der Waals surface area contributed by atoms with Crippen LogP contribution in [0.3, 0.4) is 0 Å². The van der Waals surface area contributed by atoms with Crippen molar-refractivity contribution in [3.63, 3.8) is 0 Å². The van der Waals surface area contributed by atoms with Crippen LogP contribution in [0.15, 0.2) is 30.3 Å². The Morgan fingerprint density at radius 1 is 1.47 bits per heavy atom. The molecule has 2 rings (SSSR count). The van der Waals surface area contributed by atoms with Crippen molar-refractivity contribution in [3.05, 3.63) is 30.3 Å². The highest BCUT2D eigenvalue weighted by molar-refractivity contribution is 5.77. The van der Waals surface area contributed by atoms with Gasteiger partial charge in [0.25, 0.3) is 5.91 Å². The molecule has 1 fully saturated rings. The van der Waals surface area contributed by atoms with Gasteiger partial charge in [0.15, 0.2) is 6.61 Å². The zero-order valence-electron chi connectivity index (χ0n) is 9.96. The Kier molecular flexibility index (Phi) is 3.98. The van der Waals surface area contributed by atoms with E-state index in [0.29, 0.717) is 19.7 Å². The SMILES string of the molecule is CC1CN(C(=O)COc2ccccc2)CCO1. The number of para-hydroxylation sites is 1. The van der Waals surface area contributed by atoms with Crippen LogP contribution in [0.4, 0.5) is 0 Å². The van der Waals surface area contributed by atoms with Gasteiger partial charge in [-0.3, -0.25) is 4.79 Å².